The topological polar surface area (TPSA) is 105 Å². The first-order chi connectivity index (χ1) is 9.67. The van der Waals surface area contributed by atoms with E-state index in [1.807, 2.05) is 19.0 Å². The Kier molecular flexibility index (Phi) is 5.64. The first kappa shape index (κ1) is 17.3. The van der Waals surface area contributed by atoms with Crippen molar-refractivity contribution in [3.63, 3.8) is 0 Å². The molecule has 0 aliphatic carbocycles. The van der Waals surface area contributed by atoms with Gasteiger partial charge in [0.1, 0.15) is 0 Å². The summed E-state index contributed by atoms with van der Waals surface area (Å²) in [7, 11) is 1.28. The number of benzene rings is 1. The second-order valence-corrected chi connectivity index (χ2v) is 6.66. The molecule has 0 saturated heterocycles. The summed E-state index contributed by atoms with van der Waals surface area (Å²) >= 11 is 0. The summed E-state index contributed by atoms with van der Waals surface area (Å²) in [5.74, 6) is 0. The molecule has 0 amide bonds. The van der Waals surface area contributed by atoms with Crippen LogP contribution in [0.1, 0.15) is 6.92 Å². The fourth-order valence-electron chi connectivity index (χ4n) is 1.96. The van der Waals surface area contributed by atoms with E-state index in [0.29, 0.717) is 12.2 Å². The first-order valence-electron chi connectivity index (χ1n) is 6.30. The van der Waals surface area contributed by atoms with Crippen LogP contribution in [-0.4, -0.2) is 52.0 Å². The van der Waals surface area contributed by atoms with Crippen molar-refractivity contribution >= 4 is 21.4 Å². The lowest BCUT2D eigenvalue weighted by atomic mass is 10.3. The van der Waals surface area contributed by atoms with Crippen LogP contribution in [0.2, 0.25) is 0 Å². The molecular weight excluding hydrogens is 296 g/mol. The molecule has 1 rings (SSSR count). The van der Waals surface area contributed by atoms with Crippen LogP contribution in [-0.2, 0) is 10.0 Å². The van der Waals surface area contributed by atoms with Gasteiger partial charge in [0.05, 0.1) is 4.92 Å². The van der Waals surface area contributed by atoms with Gasteiger partial charge in [0.25, 0.3) is 5.69 Å². The molecule has 0 aliphatic rings. The third-order valence-electron chi connectivity index (χ3n) is 2.73. The number of likely N-dealkylation sites (N-methyl/N-ethyl adjacent to an activating group) is 1. The Hall–Kier alpha value is -1.71. The molecule has 0 bridgehead atoms. The molecule has 0 aromatic heterocycles. The van der Waals surface area contributed by atoms with Crippen molar-refractivity contribution in [2.75, 3.05) is 33.0 Å². The van der Waals surface area contributed by atoms with Gasteiger partial charge in [-0.15, -0.1) is 0 Å². The molecule has 0 radical (unpaired) electrons. The Morgan fingerprint density at radius 3 is 2.48 bits per heavy atom. The van der Waals surface area contributed by atoms with E-state index in [1.165, 1.54) is 18.2 Å². The lowest BCUT2D eigenvalue weighted by molar-refractivity contribution is -0.387. The molecule has 1 aromatic carbocycles. The monoisotopic (exact) mass is 316 g/mol. The van der Waals surface area contributed by atoms with Gasteiger partial charge in [-0.3, -0.25) is 10.1 Å². The summed E-state index contributed by atoms with van der Waals surface area (Å²) in [4.78, 5) is 11.9. The minimum atomic E-state index is -3.95. The number of nitrogens with zero attached hydrogens (tertiary/aromatic N) is 2. The number of nitro groups is 1. The van der Waals surface area contributed by atoms with Crippen molar-refractivity contribution in [1.82, 2.24) is 9.62 Å². The lowest BCUT2D eigenvalue weighted by Gasteiger charge is -2.18. The van der Waals surface area contributed by atoms with Gasteiger partial charge in [0.15, 0.2) is 4.90 Å². The average Bonchev–Trinajstić information content (AvgIpc) is 2.36. The zero-order valence-electron chi connectivity index (χ0n) is 12.5. The number of anilines is 1. The molecule has 0 saturated carbocycles. The van der Waals surface area contributed by atoms with Crippen LogP contribution in [0.25, 0.3) is 0 Å². The fraction of sp³-hybridized carbons (Fsp3) is 0.500. The molecule has 9 heteroatoms. The van der Waals surface area contributed by atoms with E-state index in [4.69, 9.17) is 0 Å². The quantitative estimate of drug-likeness (QED) is 0.571. The summed E-state index contributed by atoms with van der Waals surface area (Å²) in [6.45, 7) is 2.19. The maximum Gasteiger partial charge on any atom is 0.291 e. The van der Waals surface area contributed by atoms with Crippen LogP contribution in [0.15, 0.2) is 23.1 Å². The molecule has 0 aliphatic heterocycles. The summed E-state index contributed by atoms with van der Waals surface area (Å²) < 4.78 is 27.0. The van der Waals surface area contributed by atoms with Gasteiger partial charge in [-0.1, -0.05) is 0 Å². The maximum atomic E-state index is 12.3. The lowest BCUT2D eigenvalue weighted by Crippen LogP contribution is -2.39. The Morgan fingerprint density at radius 2 is 2.00 bits per heavy atom. The number of nitrogens with one attached hydrogen (secondary N) is 2. The smallest absolute Gasteiger partial charge is 0.291 e. The van der Waals surface area contributed by atoms with Crippen LogP contribution in [0.3, 0.4) is 0 Å². The highest BCUT2D eigenvalue weighted by atomic mass is 32.2. The molecule has 0 spiro atoms. The normalized spacial score (nSPS) is 13.2. The number of hydrogen-bond acceptors (Lipinski definition) is 6. The van der Waals surface area contributed by atoms with Gasteiger partial charge in [0, 0.05) is 31.4 Å². The van der Waals surface area contributed by atoms with Crippen molar-refractivity contribution in [2.45, 2.75) is 17.9 Å². The molecule has 8 nitrogen and oxygen atoms in total. The van der Waals surface area contributed by atoms with Gasteiger partial charge < -0.3 is 10.2 Å². The third kappa shape index (κ3) is 4.66. The molecule has 1 atom stereocenters. The number of sulfonamides is 1. The number of hydrogen-bond donors (Lipinski definition) is 2. The number of rotatable bonds is 7. The van der Waals surface area contributed by atoms with Crippen molar-refractivity contribution in [3.8, 4) is 0 Å². The standard InChI is InChI=1S/C12H20N4O4S/c1-9(8-15(3)4)14-21(19,20)12-6-5-10(13-2)7-11(12)16(17)18/h5-7,9,13-14H,8H2,1-4H3. The van der Waals surface area contributed by atoms with Crippen LogP contribution in [0.4, 0.5) is 11.4 Å². The molecule has 2 N–H and O–H groups in total. The fourth-order valence-corrected chi connectivity index (χ4v) is 3.34. The van der Waals surface area contributed by atoms with Crippen molar-refractivity contribution < 1.29 is 13.3 Å². The van der Waals surface area contributed by atoms with E-state index in [-0.39, 0.29) is 10.9 Å². The van der Waals surface area contributed by atoms with E-state index in [0.717, 1.165) is 0 Å². The van der Waals surface area contributed by atoms with Crippen LogP contribution < -0.4 is 10.0 Å². The molecule has 0 fully saturated rings. The molecule has 1 aromatic rings. The van der Waals surface area contributed by atoms with Gasteiger partial charge in [-0.25, -0.2) is 13.1 Å². The average molecular weight is 316 g/mol. The van der Waals surface area contributed by atoms with Crippen molar-refractivity contribution in [1.29, 1.82) is 0 Å². The SMILES string of the molecule is CNc1ccc(S(=O)(=O)NC(C)CN(C)C)c([N+](=O)[O-])c1. The molecule has 118 valence electrons. The third-order valence-corrected chi connectivity index (χ3v) is 4.37. The van der Waals surface area contributed by atoms with E-state index < -0.39 is 20.6 Å². The second-order valence-electron chi connectivity index (χ2n) is 4.97. The predicted molar refractivity (Wildman–Crippen MR) is 81.0 cm³/mol. The largest absolute Gasteiger partial charge is 0.388 e. The zero-order chi connectivity index (χ0) is 16.2. The van der Waals surface area contributed by atoms with Gasteiger partial charge >= 0.3 is 0 Å². The van der Waals surface area contributed by atoms with Crippen molar-refractivity contribution in [2.24, 2.45) is 0 Å². The van der Waals surface area contributed by atoms with Gasteiger partial charge in [-0.2, -0.15) is 0 Å². The number of nitro benzene ring substituents is 1. The van der Waals surface area contributed by atoms with E-state index in [1.54, 1.807) is 14.0 Å². The van der Waals surface area contributed by atoms with Gasteiger partial charge in [-0.05, 0) is 33.2 Å². The zero-order valence-corrected chi connectivity index (χ0v) is 13.3. The molecule has 21 heavy (non-hydrogen) atoms. The highest BCUT2D eigenvalue weighted by Crippen LogP contribution is 2.27. The van der Waals surface area contributed by atoms with E-state index in [9.17, 15) is 18.5 Å². The summed E-state index contributed by atoms with van der Waals surface area (Å²) in [6, 6.07) is 3.55. The Balaban J connectivity index is 3.16. The van der Waals surface area contributed by atoms with E-state index in [2.05, 4.69) is 10.0 Å². The van der Waals surface area contributed by atoms with Crippen LogP contribution in [0, 0.1) is 10.1 Å². The Bertz CT molecular complexity index is 616. The van der Waals surface area contributed by atoms with Crippen molar-refractivity contribution in [3.05, 3.63) is 28.3 Å². The minimum absolute atomic E-state index is 0.336. The van der Waals surface area contributed by atoms with E-state index >= 15 is 0 Å². The summed E-state index contributed by atoms with van der Waals surface area (Å²) in [5, 5.41) is 13.8. The minimum Gasteiger partial charge on any atom is -0.388 e. The highest BCUT2D eigenvalue weighted by molar-refractivity contribution is 7.89. The highest BCUT2D eigenvalue weighted by Gasteiger charge is 2.27. The first-order valence-corrected chi connectivity index (χ1v) is 7.79. The molecule has 1 unspecified atom stereocenters. The van der Waals surface area contributed by atoms with Crippen LogP contribution >= 0.6 is 0 Å². The Morgan fingerprint density at radius 1 is 1.38 bits per heavy atom. The van der Waals surface area contributed by atoms with Crippen LogP contribution in [0.5, 0.6) is 0 Å². The maximum absolute atomic E-state index is 12.3. The predicted octanol–water partition coefficient (Wildman–Crippen LogP) is 0.865. The van der Waals surface area contributed by atoms with Gasteiger partial charge in [0.2, 0.25) is 10.0 Å². The summed E-state index contributed by atoms with van der Waals surface area (Å²) in [6.07, 6.45) is 0. The molecular formula is C12H20N4O4S. The Labute approximate surface area is 124 Å². The molecule has 0 heterocycles. The second kappa shape index (κ2) is 6.83. The summed E-state index contributed by atoms with van der Waals surface area (Å²) in [5.41, 5.74) is 0.0217.